The van der Waals surface area contributed by atoms with E-state index in [0.717, 1.165) is 25.2 Å². The number of nitrogens with one attached hydrogen (secondary N) is 1. The van der Waals surface area contributed by atoms with Crippen molar-refractivity contribution < 1.29 is 26.8 Å². The quantitative estimate of drug-likeness (QED) is 0.505. The van der Waals surface area contributed by atoms with Crippen molar-refractivity contribution in [1.82, 2.24) is 0 Å². The van der Waals surface area contributed by atoms with E-state index in [1.54, 1.807) is 12.1 Å². The largest absolute Gasteiger partial charge is 1.00 e. The van der Waals surface area contributed by atoms with Gasteiger partial charge in [-0.2, -0.15) is 0 Å². The molecule has 0 saturated carbocycles. The Balaban J connectivity index is 0.00000225. The molecule has 1 aromatic carbocycles. The van der Waals surface area contributed by atoms with Crippen LogP contribution in [0, 0.1) is 10.1 Å². The van der Waals surface area contributed by atoms with Crippen molar-refractivity contribution in [1.29, 1.82) is 0 Å². The minimum atomic E-state index is -0.367. The van der Waals surface area contributed by atoms with Gasteiger partial charge >= 0.3 is 0 Å². The molecule has 0 atom stereocenters. The molecule has 4 nitrogen and oxygen atoms in total. The van der Waals surface area contributed by atoms with Crippen molar-refractivity contribution in [2.24, 2.45) is 0 Å². The van der Waals surface area contributed by atoms with Crippen molar-refractivity contribution in [3.8, 4) is 0 Å². The number of quaternary nitrogens is 1. The molecule has 0 radical (unpaired) electrons. The summed E-state index contributed by atoms with van der Waals surface area (Å²) < 4.78 is 0. The second-order valence-corrected chi connectivity index (χ2v) is 3.56. The Bertz CT molecular complexity index is 323. The first-order valence-electron chi connectivity index (χ1n) is 5.24. The van der Waals surface area contributed by atoms with Gasteiger partial charge in [0.2, 0.25) is 0 Å². The zero-order valence-electron chi connectivity index (χ0n) is 9.57. The molecule has 0 saturated heterocycles. The molecule has 0 bridgehead atoms. The van der Waals surface area contributed by atoms with E-state index in [2.05, 4.69) is 13.8 Å². The zero-order chi connectivity index (χ0) is 11.3. The first-order chi connectivity index (χ1) is 7.17. The average molecular weight is 289 g/mol. The molecule has 1 rings (SSSR count). The number of nitro groups is 1. The van der Waals surface area contributed by atoms with Crippen LogP contribution in [0.3, 0.4) is 0 Å². The third-order valence-corrected chi connectivity index (χ3v) is 2.60. The molecule has 0 fully saturated rings. The van der Waals surface area contributed by atoms with Crippen LogP contribution < -0.4 is 21.9 Å². The van der Waals surface area contributed by atoms with E-state index in [1.807, 2.05) is 12.1 Å². The number of hydrogen-bond acceptors (Lipinski definition) is 2. The van der Waals surface area contributed by atoms with E-state index in [9.17, 15) is 10.1 Å². The van der Waals surface area contributed by atoms with Crippen molar-refractivity contribution in [3.63, 3.8) is 0 Å². The van der Waals surface area contributed by atoms with Gasteiger partial charge in [0.25, 0.3) is 5.69 Å². The molecule has 0 heterocycles. The molecule has 1 N–H and O–H groups in total. The molecule has 0 unspecified atom stereocenters. The lowest BCUT2D eigenvalue weighted by Gasteiger charge is -2.14. The van der Waals surface area contributed by atoms with E-state index in [1.165, 1.54) is 4.90 Å². The minimum Gasteiger partial charge on any atom is -1.00 e. The van der Waals surface area contributed by atoms with Crippen LogP contribution in [-0.4, -0.2) is 18.0 Å². The molecule has 0 aliphatic rings. The summed E-state index contributed by atoms with van der Waals surface area (Å²) in [5, 5.41) is 10.4. The van der Waals surface area contributed by atoms with Gasteiger partial charge in [0.1, 0.15) is 6.54 Å². The second-order valence-electron chi connectivity index (χ2n) is 3.56. The molecule has 0 aliphatic heterocycles. The summed E-state index contributed by atoms with van der Waals surface area (Å²) in [6.45, 7) is 7.38. The van der Waals surface area contributed by atoms with Crippen LogP contribution in [0.25, 0.3) is 0 Å². The number of nitro benzene ring substituents is 1. The molecule has 0 spiro atoms. The summed E-state index contributed by atoms with van der Waals surface area (Å²) in [7, 11) is 0. The highest BCUT2D eigenvalue weighted by Crippen LogP contribution is 2.10. The summed E-state index contributed by atoms with van der Waals surface area (Å²) in [6, 6.07) is 6.81. The Morgan fingerprint density at radius 3 is 2.06 bits per heavy atom. The lowest BCUT2D eigenvalue weighted by molar-refractivity contribution is -0.910. The van der Waals surface area contributed by atoms with Gasteiger partial charge in [-0.1, -0.05) is 0 Å². The molecular weight excluding hydrogens is 272 g/mol. The third kappa shape index (κ3) is 4.28. The topological polar surface area (TPSA) is 47.6 Å². The lowest BCUT2D eigenvalue weighted by atomic mass is 10.2. The maximum absolute atomic E-state index is 10.4. The third-order valence-electron chi connectivity index (χ3n) is 2.60. The smallest absolute Gasteiger partial charge is 0.269 e. The zero-order valence-corrected chi connectivity index (χ0v) is 11.2. The molecule has 0 amide bonds. The maximum Gasteiger partial charge on any atom is 0.269 e. The van der Waals surface area contributed by atoms with E-state index in [-0.39, 0.29) is 27.6 Å². The average Bonchev–Trinajstić information content (AvgIpc) is 2.26. The number of rotatable bonds is 5. The van der Waals surface area contributed by atoms with E-state index >= 15 is 0 Å². The summed E-state index contributed by atoms with van der Waals surface area (Å²) >= 11 is 0. The van der Waals surface area contributed by atoms with Gasteiger partial charge in [0.15, 0.2) is 0 Å². The van der Waals surface area contributed by atoms with Crippen LogP contribution in [-0.2, 0) is 6.54 Å². The van der Waals surface area contributed by atoms with Gasteiger partial charge in [0.05, 0.1) is 18.0 Å². The summed E-state index contributed by atoms with van der Waals surface area (Å²) in [4.78, 5) is 11.6. The number of hydrogen-bond donors (Lipinski definition) is 1. The highest BCUT2D eigenvalue weighted by Gasteiger charge is 2.07. The Labute approximate surface area is 106 Å². The van der Waals surface area contributed by atoms with Gasteiger partial charge in [-0.05, 0) is 26.0 Å². The summed E-state index contributed by atoms with van der Waals surface area (Å²) in [5.74, 6) is 0. The van der Waals surface area contributed by atoms with E-state index in [4.69, 9.17) is 0 Å². The monoisotopic (exact) mass is 288 g/mol. The van der Waals surface area contributed by atoms with Crippen LogP contribution >= 0.6 is 0 Å². The highest BCUT2D eigenvalue weighted by molar-refractivity contribution is 5.32. The molecule has 0 aromatic heterocycles. The number of halogens is 1. The summed E-state index contributed by atoms with van der Waals surface area (Å²) in [6.07, 6.45) is 0. The first kappa shape index (κ1) is 15.1. The van der Waals surface area contributed by atoms with Gasteiger partial charge in [-0.15, -0.1) is 0 Å². The number of benzene rings is 1. The van der Waals surface area contributed by atoms with Gasteiger partial charge in [-0.25, -0.2) is 0 Å². The van der Waals surface area contributed by atoms with Crippen molar-refractivity contribution in [2.75, 3.05) is 13.1 Å². The standard InChI is InChI=1S/C11H16N2O2.BrH/c1-3-12(4-2)9-10-5-7-11(8-6-10)13(14)15;/h5-8H,3-4,9H2,1-2H3;1H. The fourth-order valence-corrected chi connectivity index (χ4v) is 1.52. The molecule has 1 aromatic rings. The van der Waals surface area contributed by atoms with Crippen molar-refractivity contribution >= 4 is 5.69 Å². The second kappa shape index (κ2) is 7.35. The molecule has 0 aliphatic carbocycles. The van der Waals surface area contributed by atoms with Crippen LogP contribution in [0.15, 0.2) is 24.3 Å². The summed E-state index contributed by atoms with van der Waals surface area (Å²) in [5.41, 5.74) is 1.31. The van der Waals surface area contributed by atoms with Gasteiger partial charge in [-0.3, -0.25) is 10.1 Å². The Morgan fingerprint density at radius 2 is 1.69 bits per heavy atom. The lowest BCUT2D eigenvalue weighted by Crippen LogP contribution is -3.10. The SMILES string of the molecule is CC[NH+](CC)Cc1ccc([N+](=O)[O-])cc1.[Br-]. The fourth-order valence-electron chi connectivity index (χ4n) is 1.52. The number of non-ortho nitro benzene ring substituents is 1. The number of nitrogens with zero attached hydrogens (tertiary/aromatic N) is 1. The Morgan fingerprint density at radius 1 is 1.19 bits per heavy atom. The molecular formula is C11H17BrN2O2. The molecule has 16 heavy (non-hydrogen) atoms. The Kier molecular flexibility index (Phi) is 6.92. The first-order valence-corrected chi connectivity index (χ1v) is 5.24. The van der Waals surface area contributed by atoms with Gasteiger partial charge < -0.3 is 21.9 Å². The van der Waals surface area contributed by atoms with Crippen molar-refractivity contribution in [2.45, 2.75) is 20.4 Å². The van der Waals surface area contributed by atoms with Crippen LogP contribution in [0.2, 0.25) is 0 Å². The van der Waals surface area contributed by atoms with E-state index in [0.29, 0.717) is 0 Å². The predicted octanol–water partition coefficient (Wildman–Crippen LogP) is -1.98. The normalized spacial score (nSPS) is 9.94. The van der Waals surface area contributed by atoms with Crippen LogP contribution in [0.1, 0.15) is 19.4 Å². The molecule has 5 heteroatoms. The van der Waals surface area contributed by atoms with Gasteiger partial charge in [0, 0.05) is 17.7 Å². The van der Waals surface area contributed by atoms with Crippen molar-refractivity contribution in [3.05, 3.63) is 39.9 Å². The predicted molar refractivity (Wildman–Crippen MR) is 58.8 cm³/mol. The van der Waals surface area contributed by atoms with Crippen LogP contribution in [0.4, 0.5) is 5.69 Å². The van der Waals surface area contributed by atoms with Crippen LogP contribution in [0.5, 0.6) is 0 Å². The fraction of sp³-hybridized carbons (Fsp3) is 0.455. The maximum atomic E-state index is 10.4. The Hall–Kier alpha value is -0.940. The highest BCUT2D eigenvalue weighted by atomic mass is 79.9. The minimum absolute atomic E-state index is 0. The molecule has 90 valence electrons. The van der Waals surface area contributed by atoms with E-state index < -0.39 is 0 Å².